The Morgan fingerprint density at radius 3 is 2.81 bits per heavy atom. The molecule has 1 saturated heterocycles. The van der Waals surface area contributed by atoms with Crippen LogP contribution in [0.25, 0.3) is 0 Å². The Balaban J connectivity index is 2.35. The van der Waals surface area contributed by atoms with Gasteiger partial charge in [0.05, 0.1) is 20.3 Å². The molecule has 21 heavy (non-hydrogen) atoms. The third kappa shape index (κ3) is 3.21. The minimum atomic E-state index is -1.28. The molecule has 0 aliphatic carbocycles. The van der Waals surface area contributed by atoms with Crippen LogP contribution in [0, 0.1) is 4.77 Å². The normalized spacial score (nSPS) is 29.0. The molecule has 1 aliphatic rings. The first-order valence-electron chi connectivity index (χ1n) is 6.22. The summed E-state index contributed by atoms with van der Waals surface area (Å²) in [5, 5.41) is 28.8. The van der Waals surface area contributed by atoms with Crippen LogP contribution in [0.5, 0.6) is 0 Å². The van der Waals surface area contributed by atoms with Gasteiger partial charge < -0.3 is 24.9 Å². The van der Waals surface area contributed by atoms with E-state index in [1.807, 2.05) is 0 Å². The third-order valence-electron chi connectivity index (χ3n) is 3.24. The number of nitrogens with zero attached hydrogens (tertiary/aromatic N) is 1. The number of aliphatic hydroxyl groups excluding tert-OH is 3. The van der Waals surface area contributed by atoms with E-state index in [0.29, 0.717) is 5.56 Å². The summed E-state index contributed by atoms with van der Waals surface area (Å²) < 4.78 is 6.74. The fourth-order valence-electron chi connectivity index (χ4n) is 2.10. The van der Waals surface area contributed by atoms with Gasteiger partial charge in [-0.3, -0.25) is 14.3 Å². The van der Waals surface area contributed by atoms with Gasteiger partial charge in [0, 0.05) is 11.8 Å². The zero-order valence-corrected chi connectivity index (χ0v) is 12.0. The smallest absolute Gasteiger partial charge is 0.256 e. The summed E-state index contributed by atoms with van der Waals surface area (Å²) in [7, 11) is 1.41. The van der Waals surface area contributed by atoms with Gasteiger partial charge in [-0.05, 0) is 12.2 Å². The fourth-order valence-corrected chi connectivity index (χ4v) is 2.35. The summed E-state index contributed by atoms with van der Waals surface area (Å²) >= 11 is 5.04. The molecule has 0 spiro atoms. The predicted molar refractivity (Wildman–Crippen MR) is 72.7 cm³/mol. The van der Waals surface area contributed by atoms with Gasteiger partial charge in [0.15, 0.2) is 11.0 Å². The lowest BCUT2D eigenvalue weighted by atomic mass is 10.1. The SMILES string of the molecule is CONCc1cn([C@@H]2O[C@H](CO)[C@@H](O)[C@H]2O)c(=S)[nH]c1=O. The molecular weight excluding hydrogens is 302 g/mol. The maximum absolute atomic E-state index is 11.8. The summed E-state index contributed by atoms with van der Waals surface area (Å²) in [4.78, 5) is 18.9. The standard InChI is InChI=1S/C11H17N3O6S/c1-19-12-2-5-3-14(11(21)13-9(5)18)10-8(17)7(16)6(4-15)20-10/h3,6-8,10,12,15-17H,2,4H2,1H3,(H,13,18,21)/t6-,7-,8-,10-/m1/s1. The highest BCUT2D eigenvalue weighted by Crippen LogP contribution is 2.29. The quantitative estimate of drug-likeness (QED) is 0.317. The zero-order valence-electron chi connectivity index (χ0n) is 11.2. The maximum atomic E-state index is 11.8. The van der Waals surface area contributed by atoms with Gasteiger partial charge in [-0.1, -0.05) is 0 Å². The van der Waals surface area contributed by atoms with Crippen LogP contribution in [0.3, 0.4) is 0 Å². The van der Waals surface area contributed by atoms with Crippen molar-refractivity contribution in [1.29, 1.82) is 0 Å². The summed E-state index contributed by atoms with van der Waals surface area (Å²) in [5.41, 5.74) is 2.44. The van der Waals surface area contributed by atoms with Crippen molar-refractivity contribution in [1.82, 2.24) is 15.0 Å². The first-order chi connectivity index (χ1) is 9.99. The lowest BCUT2D eigenvalue weighted by Crippen LogP contribution is -2.33. The number of aliphatic hydroxyl groups is 3. The number of nitrogens with one attached hydrogen (secondary N) is 2. The highest BCUT2D eigenvalue weighted by Gasteiger charge is 2.43. The summed E-state index contributed by atoms with van der Waals surface area (Å²) in [6, 6.07) is 0. The van der Waals surface area contributed by atoms with E-state index in [1.54, 1.807) is 0 Å². The van der Waals surface area contributed by atoms with E-state index in [4.69, 9.17) is 22.1 Å². The van der Waals surface area contributed by atoms with Gasteiger partial charge in [0.2, 0.25) is 0 Å². The van der Waals surface area contributed by atoms with Crippen molar-refractivity contribution in [3.05, 3.63) is 26.9 Å². The molecule has 4 atom stereocenters. The van der Waals surface area contributed by atoms with Crippen LogP contribution >= 0.6 is 12.2 Å². The van der Waals surface area contributed by atoms with Crippen molar-refractivity contribution in [2.75, 3.05) is 13.7 Å². The number of aromatic amines is 1. The van der Waals surface area contributed by atoms with Crippen LogP contribution in [0.1, 0.15) is 11.8 Å². The van der Waals surface area contributed by atoms with Crippen molar-refractivity contribution in [2.45, 2.75) is 31.1 Å². The average Bonchev–Trinajstić information content (AvgIpc) is 2.74. The maximum Gasteiger partial charge on any atom is 0.256 e. The summed E-state index contributed by atoms with van der Waals surface area (Å²) in [5.74, 6) is 0. The van der Waals surface area contributed by atoms with Gasteiger partial charge in [0.25, 0.3) is 5.56 Å². The molecule has 1 fully saturated rings. The van der Waals surface area contributed by atoms with Gasteiger partial charge in [0.1, 0.15) is 18.3 Å². The van der Waals surface area contributed by atoms with Gasteiger partial charge in [-0.2, -0.15) is 5.48 Å². The molecule has 1 aromatic rings. The Labute approximate surface area is 124 Å². The fraction of sp³-hybridized carbons (Fsp3) is 0.636. The van der Waals surface area contributed by atoms with Crippen LogP contribution in [-0.4, -0.2) is 56.9 Å². The van der Waals surface area contributed by atoms with Gasteiger partial charge in [-0.25, -0.2) is 0 Å². The second kappa shape index (κ2) is 6.75. The number of hydroxylamine groups is 1. The van der Waals surface area contributed by atoms with E-state index in [9.17, 15) is 15.0 Å². The Bertz CT molecular complexity index is 602. The Morgan fingerprint density at radius 2 is 2.24 bits per heavy atom. The van der Waals surface area contributed by atoms with E-state index in [-0.39, 0.29) is 11.3 Å². The molecule has 0 saturated carbocycles. The summed E-state index contributed by atoms with van der Waals surface area (Å²) in [6.07, 6.45) is -3.02. The minimum absolute atomic E-state index is 0.0380. The number of ether oxygens (including phenoxy) is 1. The van der Waals surface area contributed by atoms with E-state index in [0.717, 1.165) is 0 Å². The topological polar surface area (TPSA) is 129 Å². The zero-order chi connectivity index (χ0) is 15.6. The van der Waals surface area contributed by atoms with E-state index < -0.39 is 36.7 Å². The van der Waals surface area contributed by atoms with Gasteiger partial charge >= 0.3 is 0 Å². The first-order valence-corrected chi connectivity index (χ1v) is 6.63. The van der Waals surface area contributed by atoms with Gasteiger partial charge in [-0.15, -0.1) is 0 Å². The molecular formula is C11H17N3O6S. The van der Waals surface area contributed by atoms with Crippen LogP contribution in [0.2, 0.25) is 0 Å². The molecule has 1 aliphatic heterocycles. The second-order valence-electron chi connectivity index (χ2n) is 4.57. The molecule has 0 unspecified atom stereocenters. The third-order valence-corrected chi connectivity index (χ3v) is 3.55. The van der Waals surface area contributed by atoms with E-state index in [2.05, 4.69) is 15.3 Å². The Morgan fingerprint density at radius 1 is 1.52 bits per heavy atom. The molecule has 118 valence electrons. The number of hydrogen-bond acceptors (Lipinski definition) is 8. The molecule has 0 aromatic carbocycles. The molecule has 0 bridgehead atoms. The van der Waals surface area contributed by atoms with Crippen LogP contribution in [0.4, 0.5) is 0 Å². The highest BCUT2D eigenvalue weighted by molar-refractivity contribution is 7.71. The lowest BCUT2D eigenvalue weighted by molar-refractivity contribution is -0.0543. The van der Waals surface area contributed by atoms with Crippen LogP contribution in [0.15, 0.2) is 11.0 Å². The lowest BCUT2D eigenvalue weighted by Gasteiger charge is -2.19. The van der Waals surface area contributed by atoms with E-state index >= 15 is 0 Å². The number of aromatic nitrogens is 2. The predicted octanol–water partition coefficient (Wildman–Crippen LogP) is -1.83. The largest absolute Gasteiger partial charge is 0.394 e. The molecule has 2 rings (SSSR count). The van der Waals surface area contributed by atoms with Crippen molar-refractivity contribution in [2.24, 2.45) is 0 Å². The van der Waals surface area contributed by atoms with Crippen molar-refractivity contribution in [3.63, 3.8) is 0 Å². The number of hydrogen-bond donors (Lipinski definition) is 5. The van der Waals surface area contributed by atoms with E-state index in [1.165, 1.54) is 17.9 Å². The monoisotopic (exact) mass is 319 g/mol. The molecule has 0 amide bonds. The van der Waals surface area contributed by atoms with Crippen molar-refractivity contribution >= 4 is 12.2 Å². The average molecular weight is 319 g/mol. The number of rotatable bonds is 5. The Hall–Kier alpha value is -1.14. The van der Waals surface area contributed by atoms with Crippen LogP contribution < -0.4 is 11.0 Å². The number of H-pyrrole nitrogens is 1. The molecule has 10 heteroatoms. The van der Waals surface area contributed by atoms with Crippen LogP contribution in [-0.2, 0) is 16.1 Å². The second-order valence-corrected chi connectivity index (χ2v) is 4.96. The van der Waals surface area contributed by atoms with Crippen molar-refractivity contribution in [3.8, 4) is 0 Å². The minimum Gasteiger partial charge on any atom is -0.394 e. The Kier molecular flexibility index (Phi) is 5.22. The first kappa shape index (κ1) is 16.2. The summed E-state index contributed by atoms with van der Waals surface area (Å²) in [6.45, 7) is -0.320. The highest BCUT2D eigenvalue weighted by atomic mass is 32.1. The molecule has 2 heterocycles. The molecule has 5 N–H and O–H groups in total. The molecule has 9 nitrogen and oxygen atoms in total. The molecule has 1 aromatic heterocycles. The molecule has 0 radical (unpaired) electrons. The van der Waals surface area contributed by atoms with Crippen molar-refractivity contribution < 1.29 is 24.9 Å².